The van der Waals surface area contributed by atoms with Crippen molar-refractivity contribution in [2.45, 2.75) is 19.9 Å². The molecule has 1 unspecified atom stereocenters. The van der Waals surface area contributed by atoms with E-state index in [1.165, 1.54) is 4.57 Å². The summed E-state index contributed by atoms with van der Waals surface area (Å²) < 4.78 is 2.10. The van der Waals surface area contributed by atoms with Crippen molar-refractivity contribution in [1.82, 2.24) is 4.57 Å². The molecule has 0 spiro atoms. The summed E-state index contributed by atoms with van der Waals surface area (Å²) in [6, 6.07) is 7.24. The Labute approximate surface area is 114 Å². The molecule has 0 radical (unpaired) electrons. The smallest absolute Gasteiger partial charge is 0.269 e. The van der Waals surface area contributed by atoms with Crippen molar-refractivity contribution in [1.29, 1.82) is 0 Å². The van der Waals surface area contributed by atoms with Crippen LogP contribution in [-0.4, -0.2) is 10.3 Å². The molecule has 0 aliphatic rings. The molecule has 0 fully saturated rings. The minimum atomic E-state index is -0.186. The molecule has 2 aromatic rings. The average Bonchev–Trinajstić information content (AvgIpc) is 2.39. The molecular formula is C13H15NO2S2. The lowest BCUT2D eigenvalue weighted by Crippen LogP contribution is -2.33. The lowest BCUT2D eigenvalue weighted by atomic mass is 10.1. The van der Waals surface area contributed by atoms with Gasteiger partial charge in [0, 0.05) is 11.2 Å². The zero-order valence-corrected chi connectivity index (χ0v) is 11.8. The lowest BCUT2D eigenvalue weighted by Gasteiger charge is -2.13. The third kappa shape index (κ3) is 2.52. The number of hydrogen-bond acceptors (Lipinski definition) is 4. The van der Waals surface area contributed by atoms with Crippen LogP contribution in [0, 0.1) is 5.92 Å². The number of aromatic nitrogens is 1. The molecule has 0 N–H and O–H groups in total. The molecule has 0 aliphatic carbocycles. The Morgan fingerprint density at radius 2 is 2.06 bits per heavy atom. The standard InChI is InChI=1S/C13H15NO2S2/c1-2-9(8-17)7-14-12(15)10-5-3-4-6-11(10)18-13(14)16/h3-6,9,17H,2,7-8H2,1H3. The summed E-state index contributed by atoms with van der Waals surface area (Å²) in [6.07, 6.45) is 0.910. The Hall–Kier alpha value is -1.07. The summed E-state index contributed by atoms with van der Waals surface area (Å²) in [4.78, 5) is 24.1. The monoisotopic (exact) mass is 281 g/mol. The summed E-state index contributed by atoms with van der Waals surface area (Å²) in [6.45, 7) is 2.50. The molecule has 5 heteroatoms. The zero-order valence-electron chi connectivity index (χ0n) is 10.1. The first-order chi connectivity index (χ1) is 8.67. The summed E-state index contributed by atoms with van der Waals surface area (Å²) in [7, 11) is 0. The van der Waals surface area contributed by atoms with E-state index in [1.54, 1.807) is 6.07 Å². The largest absolute Gasteiger partial charge is 0.310 e. The summed E-state index contributed by atoms with van der Waals surface area (Å²) >= 11 is 5.38. The van der Waals surface area contributed by atoms with Crippen LogP contribution in [-0.2, 0) is 6.54 Å². The van der Waals surface area contributed by atoms with Gasteiger partial charge in [-0.3, -0.25) is 14.2 Å². The second-order valence-corrected chi connectivity index (χ2v) is 5.60. The van der Waals surface area contributed by atoms with Crippen molar-refractivity contribution in [3.05, 3.63) is 44.3 Å². The molecule has 0 saturated heterocycles. The van der Waals surface area contributed by atoms with Crippen LogP contribution in [0.2, 0.25) is 0 Å². The maximum Gasteiger partial charge on any atom is 0.310 e. The molecule has 1 atom stereocenters. The Bertz CT molecular complexity index is 656. The number of hydrogen-bond donors (Lipinski definition) is 1. The molecule has 18 heavy (non-hydrogen) atoms. The lowest BCUT2D eigenvalue weighted by molar-refractivity contribution is 0.465. The first kappa shape index (κ1) is 13.4. The van der Waals surface area contributed by atoms with Crippen molar-refractivity contribution in [2.75, 3.05) is 5.75 Å². The first-order valence-corrected chi connectivity index (χ1v) is 7.35. The van der Waals surface area contributed by atoms with Crippen LogP contribution in [0.5, 0.6) is 0 Å². The van der Waals surface area contributed by atoms with Crippen molar-refractivity contribution in [2.24, 2.45) is 5.92 Å². The quantitative estimate of drug-likeness (QED) is 0.874. The average molecular weight is 281 g/mol. The molecule has 1 aromatic heterocycles. The van der Waals surface area contributed by atoms with Crippen molar-refractivity contribution in [3.8, 4) is 0 Å². The Kier molecular flexibility index (Phi) is 4.24. The molecule has 0 bridgehead atoms. The minimum absolute atomic E-state index is 0.182. The number of fused-ring (bicyclic) bond motifs is 1. The summed E-state index contributed by atoms with van der Waals surface area (Å²) in [5, 5.41) is 0.621. The van der Waals surface area contributed by atoms with Crippen LogP contribution in [0.15, 0.2) is 33.9 Å². The Morgan fingerprint density at radius 1 is 1.33 bits per heavy atom. The van der Waals surface area contributed by atoms with E-state index < -0.39 is 0 Å². The van der Waals surface area contributed by atoms with E-state index in [4.69, 9.17) is 0 Å². The van der Waals surface area contributed by atoms with E-state index in [-0.39, 0.29) is 16.4 Å². The van der Waals surface area contributed by atoms with Gasteiger partial charge in [0.25, 0.3) is 5.56 Å². The molecular weight excluding hydrogens is 266 g/mol. The van der Waals surface area contributed by atoms with Gasteiger partial charge >= 0.3 is 4.87 Å². The van der Waals surface area contributed by atoms with Crippen LogP contribution in [0.1, 0.15) is 13.3 Å². The molecule has 1 heterocycles. The molecule has 0 amide bonds. The van der Waals surface area contributed by atoms with E-state index in [2.05, 4.69) is 12.6 Å². The zero-order chi connectivity index (χ0) is 13.1. The van der Waals surface area contributed by atoms with Gasteiger partial charge in [-0.15, -0.1) is 0 Å². The maximum absolute atomic E-state index is 12.3. The van der Waals surface area contributed by atoms with Crippen molar-refractivity contribution >= 4 is 34.1 Å². The van der Waals surface area contributed by atoms with Gasteiger partial charge in [0.05, 0.1) is 5.39 Å². The number of benzene rings is 1. The molecule has 1 aromatic carbocycles. The van der Waals surface area contributed by atoms with E-state index in [0.29, 0.717) is 17.7 Å². The highest BCUT2D eigenvalue weighted by atomic mass is 32.1. The second-order valence-electron chi connectivity index (χ2n) is 4.24. The predicted octanol–water partition coefficient (Wildman–Crippen LogP) is 2.38. The maximum atomic E-state index is 12.3. The van der Waals surface area contributed by atoms with Crippen molar-refractivity contribution in [3.63, 3.8) is 0 Å². The fourth-order valence-corrected chi connectivity index (χ4v) is 3.08. The van der Waals surface area contributed by atoms with Gasteiger partial charge in [-0.05, 0) is 23.8 Å². The summed E-state index contributed by atoms with van der Waals surface area (Å²) in [5.74, 6) is 0.937. The Balaban J connectivity index is 2.58. The van der Waals surface area contributed by atoms with Gasteiger partial charge in [-0.1, -0.05) is 36.8 Å². The van der Waals surface area contributed by atoms with E-state index >= 15 is 0 Å². The second kappa shape index (κ2) is 5.71. The van der Waals surface area contributed by atoms with Crippen LogP contribution in [0.25, 0.3) is 10.1 Å². The van der Waals surface area contributed by atoms with E-state index in [0.717, 1.165) is 22.5 Å². The normalized spacial score (nSPS) is 12.8. The van der Waals surface area contributed by atoms with Crippen LogP contribution < -0.4 is 10.4 Å². The predicted molar refractivity (Wildman–Crippen MR) is 80.0 cm³/mol. The molecule has 2 rings (SSSR count). The van der Waals surface area contributed by atoms with Crippen LogP contribution >= 0.6 is 24.0 Å². The van der Waals surface area contributed by atoms with Crippen LogP contribution in [0.3, 0.4) is 0 Å². The van der Waals surface area contributed by atoms with Gasteiger partial charge in [-0.2, -0.15) is 12.6 Å². The fourth-order valence-electron chi connectivity index (χ4n) is 1.84. The van der Waals surface area contributed by atoms with Crippen LogP contribution in [0.4, 0.5) is 0 Å². The molecule has 0 aliphatic heterocycles. The summed E-state index contributed by atoms with van der Waals surface area (Å²) in [5.41, 5.74) is -0.186. The van der Waals surface area contributed by atoms with E-state index in [1.807, 2.05) is 25.1 Å². The number of rotatable bonds is 4. The minimum Gasteiger partial charge on any atom is -0.269 e. The van der Waals surface area contributed by atoms with Gasteiger partial charge in [-0.25, -0.2) is 0 Å². The van der Waals surface area contributed by atoms with Gasteiger partial charge in [0.2, 0.25) is 0 Å². The molecule has 0 saturated carbocycles. The highest BCUT2D eigenvalue weighted by Gasteiger charge is 2.11. The van der Waals surface area contributed by atoms with Gasteiger partial charge < -0.3 is 0 Å². The highest BCUT2D eigenvalue weighted by Crippen LogP contribution is 2.12. The first-order valence-electron chi connectivity index (χ1n) is 5.91. The highest BCUT2D eigenvalue weighted by molar-refractivity contribution is 7.80. The molecule has 3 nitrogen and oxygen atoms in total. The third-order valence-electron chi connectivity index (χ3n) is 3.06. The van der Waals surface area contributed by atoms with Gasteiger partial charge in [0.1, 0.15) is 0 Å². The molecule has 96 valence electrons. The number of nitrogens with zero attached hydrogens (tertiary/aromatic N) is 1. The third-order valence-corrected chi connectivity index (χ3v) is 4.54. The topological polar surface area (TPSA) is 39.1 Å². The van der Waals surface area contributed by atoms with E-state index in [9.17, 15) is 9.59 Å². The SMILES string of the molecule is CCC(CS)Cn1c(=O)sc2ccccc2c1=O. The fraction of sp³-hybridized carbons (Fsp3) is 0.385. The van der Waals surface area contributed by atoms with Gasteiger partial charge in [0.15, 0.2) is 0 Å². The van der Waals surface area contributed by atoms with Crippen molar-refractivity contribution < 1.29 is 0 Å². The number of thiol groups is 1. The Morgan fingerprint density at radius 3 is 2.72 bits per heavy atom.